The molecule has 0 fully saturated rings. The molecule has 2 amide bonds. The van der Waals surface area contributed by atoms with Gasteiger partial charge in [-0.25, -0.2) is 9.48 Å². The van der Waals surface area contributed by atoms with Gasteiger partial charge in [0.1, 0.15) is 6.07 Å². The average Bonchev–Trinajstić information content (AvgIpc) is 3.28. The first-order valence-corrected chi connectivity index (χ1v) is 9.12. The minimum Gasteiger partial charge on any atom is -0.335 e. The number of carbonyl (C=O) groups excluding carboxylic acids is 1. The van der Waals surface area contributed by atoms with Crippen molar-refractivity contribution in [3.63, 3.8) is 0 Å². The third kappa shape index (κ3) is 3.54. The van der Waals surface area contributed by atoms with E-state index in [1.54, 1.807) is 35.1 Å². The minimum atomic E-state index is -0.334. The van der Waals surface area contributed by atoms with Crippen LogP contribution in [0.1, 0.15) is 23.4 Å². The molecular weight excluding hydrogens is 380 g/mol. The lowest BCUT2D eigenvalue weighted by atomic mass is 9.96. The lowest BCUT2D eigenvalue weighted by molar-refractivity contribution is 0.247. The summed E-state index contributed by atoms with van der Waals surface area (Å²) >= 11 is 5.93. The number of carbonyl (C=O) groups is 1. The number of hydrogen-bond acceptors (Lipinski definition) is 5. The number of fused-ring (bicyclic) bond motifs is 1. The van der Waals surface area contributed by atoms with Crippen molar-refractivity contribution in [1.29, 1.82) is 5.26 Å². The largest absolute Gasteiger partial charge is 0.335 e. The molecule has 2 heterocycles. The van der Waals surface area contributed by atoms with Crippen molar-refractivity contribution in [2.45, 2.75) is 25.3 Å². The molecule has 1 unspecified atom stereocenters. The first-order valence-electron chi connectivity index (χ1n) is 8.74. The SMILES string of the molecule is Cn1nnc2c1CCC(NC(=O)Nc1ccn(-c3ccc(Cl)cc3C#N)n1)C2. The maximum absolute atomic E-state index is 12.3. The summed E-state index contributed by atoms with van der Waals surface area (Å²) in [4.78, 5) is 12.3. The van der Waals surface area contributed by atoms with Crippen LogP contribution in [0.2, 0.25) is 5.02 Å². The number of nitrogens with zero attached hydrogens (tertiary/aromatic N) is 6. The van der Waals surface area contributed by atoms with Crippen molar-refractivity contribution >= 4 is 23.4 Å². The molecule has 1 aliphatic carbocycles. The Hall–Kier alpha value is -3.38. The highest BCUT2D eigenvalue weighted by Gasteiger charge is 2.24. The van der Waals surface area contributed by atoms with Crippen molar-refractivity contribution in [3.05, 3.63) is 52.4 Å². The molecule has 2 aromatic heterocycles. The van der Waals surface area contributed by atoms with Gasteiger partial charge in [-0.3, -0.25) is 10.00 Å². The lowest BCUT2D eigenvalue weighted by Gasteiger charge is -2.22. The summed E-state index contributed by atoms with van der Waals surface area (Å²) in [6, 6.07) is 8.38. The number of hydrogen-bond donors (Lipinski definition) is 2. The first-order chi connectivity index (χ1) is 13.5. The van der Waals surface area contributed by atoms with E-state index in [0.717, 1.165) is 24.2 Å². The van der Waals surface area contributed by atoms with Gasteiger partial charge in [0.25, 0.3) is 0 Å². The highest BCUT2D eigenvalue weighted by Crippen LogP contribution is 2.20. The van der Waals surface area contributed by atoms with Crippen LogP contribution in [0.15, 0.2) is 30.5 Å². The van der Waals surface area contributed by atoms with Gasteiger partial charge in [-0.1, -0.05) is 16.8 Å². The normalized spacial score (nSPS) is 15.5. The summed E-state index contributed by atoms with van der Waals surface area (Å²) in [5.41, 5.74) is 3.03. The topological polar surface area (TPSA) is 113 Å². The maximum Gasteiger partial charge on any atom is 0.320 e. The third-order valence-corrected chi connectivity index (χ3v) is 4.92. The molecule has 0 saturated heterocycles. The maximum atomic E-state index is 12.3. The molecule has 1 aromatic carbocycles. The predicted octanol–water partition coefficient (Wildman–Crippen LogP) is 2.20. The Morgan fingerprint density at radius 2 is 2.25 bits per heavy atom. The number of aryl methyl sites for hydroxylation is 1. The molecule has 0 saturated carbocycles. The highest BCUT2D eigenvalue weighted by atomic mass is 35.5. The number of halogens is 1. The number of anilines is 1. The first kappa shape index (κ1) is 18.0. The van der Waals surface area contributed by atoms with E-state index in [2.05, 4.69) is 32.1 Å². The van der Waals surface area contributed by atoms with Gasteiger partial charge < -0.3 is 5.32 Å². The summed E-state index contributed by atoms with van der Waals surface area (Å²) in [5.74, 6) is 0.382. The van der Waals surface area contributed by atoms with E-state index in [-0.39, 0.29) is 12.1 Å². The molecule has 28 heavy (non-hydrogen) atoms. The molecule has 3 aromatic rings. The van der Waals surface area contributed by atoms with Crippen LogP contribution in [-0.2, 0) is 19.9 Å². The van der Waals surface area contributed by atoms with E-state index in [1.807, 2.05) is 7.05 Å². The Morgan fingerprint density at radius 1 is 1.39 bits per heavy atom. The van der Waals surface area contributed by atoms with Gasteiger partial charge in [0.05, 0.1) is 22.6 Å². The predicted molar refractivity (Wildman–Crippen MR) is 102 cm³/mol. The number of nitriles is 1. The minimum absolute atomic E-state index is 0.00672. The second kappa shape index (κ2) is 7.32. The zero-order valence-corrected chi connectivity index (χ0v) is 15.8. The number of benzene rings is 1. The Bertz CT molecular complexity index is 1080. The molecule has 0 radical (unpaired) electrons. The van der Waals surface area contributed by atoms with Crippen LogP contribution < -0.4 is 10.6 Å². The standard InChI is InChI=1S/C18H17ClN8O/c1-26-16-5-3-13(9-14(16)23-25-26)21-18(28)22-17-6-7-27(24-17)15-4-2-12(19)8-11(15)10-20/h2,4,6-8,13H,3,5,9H2,1H3,(H2,21,22,24,28). The van der Waals surface area contributed by atoms with Crippen molar-refractivity contribution in [2.75, 3.05) is 5.32 Å². The van der Waals surface area contributed by atoms with E-state index < -0.39 is 0 Å². The van der Waals surface area contributed by atoms with E-state index in [4.69, 9.17) is 11.6 Å². The van der Waals surface area contributed by atoms with Crippen molar-refractivity contribution in [3.8, 4) is 11.8 Å². The molecule has 4 rings (SSSR count). The molecule has 9 nitrogen and oxygen atoms in total. The van der Waals surface area contributed by atoms with Gasteiger partial charge in [0, 0.05) is 36.8 Å². The quantitative estimate of drug-likeness (QED) is 0.704. The van der Waals surface area contributed by atoms with Crippen LogP contribution in [0.3, 0.4) is 0 Å². The van der Waals surface area contributed by atoms with Crippen LogP contribution in [0.4, 0.5) is 10.6 Å². The fourth-order valence-electron chi connectivity index (χ4n) is 3.31. The van der Waals surface area contributed by atoms with E-state index in [1.165, 1.54) is 4.68 Å². The van der Waals surface area contributed by atoms with Gasteiger partial charge in [0.15, 0.2) is 5.82 Å². The molecule has 1 aliphatic rings. The van der Waals surface area contributed by atoms with Gasteiger partial charge in [-0.15, -0.1) is 10.2 Å². The van der Waals surface area contributed by atoms with E-state index >= 15 is 0 Å². The number of amides is 2. The zero-order chi connectivity index (χ0) is 19.7. The second-order valence-corrected chi connectivity index (χ2v) is 7.00. The lowest BCUT2D eigenvalue weighted by Crippen LogP contribution is -2.41. The Balaban J connectivity index is 1.41. The summed E-state index contributed by atoms with van der Waals surface area (Å²) in [7, 11) is 1.88. The Labute approximate surface area is 165 Å². The molecule has 0 bridgehead atoms. The number of aromatic nitrogens is 5. The fraction of sp³-hybridized carbons (Fsp3) is 0.278. The van der Waals surface area contributed by atoms with Crippen LogP contribution in [0.25, 0.3) is 5.69 Å². The Kier molecular flexibility index (Phi) is 4.71. The molecule has 1 atom stereocenters. The monoisotopic (exact) mass is 396 g/mol. The van der Waals surface area contributed by atoms with Gasteiger partial charge in [-0.2, -0.15) is 5.26 Å². The summed E-state index contributed by atoms with van der Waals surface area (Å²) in [5, 5.41) is 27.9. The van der Waals surface area contributed by atoms with Crippen LogP contribution in [0, 0.1) is 11.3 Å². The molecule has 0 aliphatic heterocycles. The van der Waals surface area contributed by atoms with Gasteiger partial charge in [-0.05, 0) is 31.0 Å². The van der Waals surface area contributed by atoms with E-state index in [0.29, 0.717) is 28.5 Å². The van der Waals surface area contributed by atoms with E-state index in [9.17, 15) is 10.1 Å². The average molecular weight is 397 g/mol. The molecule has 0 spiro atoms. The summed E-state index contributed by atoms with van der Waals surface area (Å²) in [6.07, 6.45) is 3.98. The second-order valence-electron chi connectivity index (χ2n) is 6.56. The zero-order valence-electron chi connectivity index (χ0n) is 15.1. The van der Waals surface area contributed by atoms with Crippen LogP contribution in [-0.4, -0.2) is 36.8 Å². The smallest absolute Gasteiger partial charge is 0.320 e. The molecule has 10 heteroatoms. The molecular formula is C18H17ClN8O. The summed E-state index contributed by atoms with van der Waals surface area (Å²) in [6.45, 7) is 0. The van der Waals surface area contributed by atoms with Gasteiger partial charge in [0.2, 0.25) is 0 Å². The van der Waals surface area contributed by atoms with Crippen LogP contribution in [0.5, 0.6) is 0 Å². The van der Waals surface area contributed by atoms with Crippen molar-refractivity contribution in [2.24, 2.45) is 7.05 Å². The number of urea groups is 1. The number of rotatable bonds is 3. The molecule has 2 N–H and O–H groups in total. The number of nitrogens with one attached hydrogen (secondary N) is 2. The highest BCUT2D eigenvalue weighted by molar-refractivity contribution is 6.30. The molecule has 142 valence electrons. The van der Waals surface area contributed by atoms with Crippen molar-refractivity contribution in [1.82, 2.24) is 30.1 Å². The Morgan fingerprint density at radius 3 is 3.07 bits per heavy atom. The third-order valence-electron chi connectivity index (χ3n) is 4.68. The summed E-state index contributed by atoms with van der Waals surface area (Å²) < 4.78 is 3.31. The van der Waals surface area contributed by atoms with Crippen molar-refractivity contribution < 1.29 is 4.79 Å². The van der Waals surface area contributed by atoms with Crippen LogP contribution >= 0.6 is 11.6 Å². The fourth-order valence-corrected chi connectivity index (χ4v) is 3.49. The van der Waals surface area contributed by atoms with Gasteiger partial charge >= 0.3 is 6.03 Å².